The van der Waals surface area contributed by atoms with Gasteiger partial charge < -0.3 is 5.73 Å². The molecule has 1 saturated carbocycles. The summed E-state index contributed by atoms with van der Waals surface area (Å²) in [5.74, 6) is 6.73. The van der Waals surface area contributed by atoms with Crippen LogP contribution in [0.3, 0.4) is 0 Å². The fourth-order valence-electron chi connectivity index (χ4n) is 2.24. The summed E-state index contributed by atoms with van der Waals surface area (Å²) in [7, 11) is 0. The van der Waals surface area contributed by atoms with Crippen molar-refractivity contribution in [3.05, 3.63) is 0 Å². The van der Waals surface area contributed by atoms with E-state index in [-0.39, 0.29) is 0 Å². The first kappa shape index (κ1) is 11.6. The van der Waals surface area contributed by atoms with Gasteiger partial charge >= 0.3 is 0 Å². The van der Waals surface area contributed by atoms with Gasteiger partial charge in [0.15, 0.2) is 0 Å². The molecule has 1 rings (SSSR count). The molecular weight excluding hydrogens is 170 g/mol. The molecular formula is C13H23N. The lowest BCUT2D eigenvalue weighted by atomic mass is 9.71. The highest BCUT2D eigenvalue weighted by Crippen LogP contribution is 2.39. The minimum atomic E-state index is 0.304. The third-order valence-electron chi connectivity index (χ3n) is 3.50. The molecule has 1 aliphatic carbocycles. The predicted molar refractivity (Wildman–Crippen MR) is 61.8 cm³/mol. The molecule has 2 N–H and O–H groups in total. The van der Waals surface area contributed by atoms with Crippen LogP contribution in [-0.2, 0) is 0 Å². The number of rotatable bonds is 2. The molecule has 0 aromatic heterocycles. The minimum absolute atomic E-state index is 0.304. The zero-order chi connectivity index (χ0) is 10.6. The van der Waals surface area contributed by atoms with E-state index >= 15 is 0 Å². The van der Waals surface area contributed by atoms with Crippen molar-refractivity contribution in [2.24, 2.45) is 17.1 Å². The highest BCUT2D eigenvalue weighted by molar-refractivity contribution is 4.99. The number of hydrogen-bond acceptors (Lipinski definition) is 1. The largest absolute Gasteiger partial charge is 0.327 e. The van der Waals surface area contributed by atoms with E-state index < -0.39 is 0 Å². The standard InChI is InChI=1S/C13H23N/c1-4-5-6-12(14)11-7-9-13(2,3)10-8-11/h11-12H,6-10,14H2,1-3H3. The quantitative estimate of drug-likeness (QED) is 0.670. The highest BCUT2D eigenvalue weighted by Gasteiger charge is 2.29. The second-order valence-corrected chi connectivity index (χ2v) is 5.30. The Balaban J connectivity index is 2.36. The van der Waals surface area contributed by atoms with E-state index in [9.17, 15) is 0 Å². The molecule has 0 aromatic rings. The molecule has 0 spiro atoms. The zero-order valence-electron chi connectivity index (χ0n) is 9.77. The van der Waals surface area contributed by atoms with Crippen molar-refractivity contribution < 1.29 is 0 Å². The average molecular weight is 193 g/mol. The summed E-state index contributed by atoms with van der Waals surface area (Å²) in [6, 6.07) is 0.304. The first-order chi connectivity index (χ1) is 6.55. The maximum atomic E-state index is 6.12. The van der Waals surface area contributed by atoms with Crippen LogP contribution in [0.1, 0.15) is 52.9 Å². The van der Waals surface area contributed by atoms with Crippen molar-refractivity contribution in [1.29, 1.82) is 0 Å². The fourth-order valence-corrected chi connectivity index (χ4v) is 2.24. The SMILES string of the molecule is CC#CCC(N)C1CCC(C)(C)CC1. The van der Waals surface area contributed by atoms with Crippen molar-refractivity contribution in [3.8, 4) is 11.8 Å². The van der Waals surface area contributed by atoms with Gasteiger partial charge in [0, 0.05) is 12.5 Å². The summed E-state index contributed by atoms with van der Waals surface area (Å²) >= 11 is 0. The molecule has 0 bridgehead atoms. The minimum Gasteiger partial charge on any atom is -0.327 e. The van der Waals surface area contributed by atoms with Gasteiger partial charge in [-0.2, -0.15) is 0 Å². The van der Waals surface area contributed by atoms with Crippen LogP contribution in [0.2, 0.25) is 0 Å². The van der Waals surface area contributed by atoms with Crippen LogP contribution >= 0.6 is 0 Å². The molecule has 0 heterocycles. The second kappa shape index (κ2) is 4.84. The van der Waals surface area contributed by atoms with Gasteiger partial charge in [-0.1, -0.05) is 13.8 Å². The van der Waals surface area contributed by atoms with E-state index in [1.54, 1.807) is 0 Å². The summed E-state index contributed by atoms with van der Waals surface area (Å²) in [5, 5.41) is 0. The predicted octanol–water partition coefficient (Wildman–Crippen LogP) is 2.94. The molecule has 0 aromatic carbocycles. The molecule has 1 heteroatoms. The average Bonchev–Trinajstić information content (AvgIpc) is 2.14. The lowest BCUT2D eigenvalue weighted by Crippen LogP contribution is -2.34. The Morgan fingerprint density at radius 2 is 1.93 bits per heavy atom. The normalized spacial score (nSPS) is 23.7. The molecule has 1 atom stereocenters. The summed E-state index contributed by atoms with van der Waals surface area (Å²) in [4.78, 5) is 0. The van der Waals surface area contributed by atoms with Crippen LogP contribution < -0.4 is 5.73 Å². The molecule has 0 radical (unpaired) electrons. The Morgan fingerprint density at radius 1 is 1.36 bits per heavy atom. The van der Waals surface area contributed by atoms with Gasteiger partial charge in [0.2, 0.25) is 0 Å². The van der Waals surface area contributed by atoms with Crippen molar-refractivity contribution in [2.45, 2.75) is 58.9 Å². The number of nitrogens with two attached hydrogens (primary N) is 1. The maximum Gasteiger partial charge on any atom is 0.0243 e. The monoisotopic (exact) mass is 193 g/mol. The van der Waals surface area contributed by atoms with Crippen molar-refractivity contribution >= 4 is 0 Å². The van der Waals surface area contributed by atoms with Crippen LogP contribution in [0.4, 0.5) is 0 Å². The van der Waals surface area contributed by atoms with E-state index in [1.165, 1.54) is 25.7 Å². The van der Waals surface area contributed by atoms with Crippen molar-refractivity contribution in [1.82, 2.24) is 0 Å². The van der Waals surface area contributed by atoms with Crippen LogP contribution in [0.5, 0.6) is 0 Å². The molecule has 0 aliphatic heterocycles. The fraction of sp³-hybridized carbons (Fsp3) is 0.846. The van der Waals surface area contributed by atoms with Crippen molar-refractivity contribution in [2.75, 3.05) is 0 Å². The van der Waals surface area contributed by atoms with Crippen LogP contribution in [0.15, 0.2) is 0 Å². The zero-order valence-corrected chi connectivity index (χ0v) is 9.77. The molecule has 1 nitrogen and oxygen atoms in total. The lowest BCUT2D eigenvalue weighted by molar-refractivity contribution is 0.174. The van der Waals surface area contributed by atoms with Crippen LogP contribution in [0.25, 0.3) is 0 Å². The van der Waals surface area contributed by atoms with Gasteiger partial charge in [-0.25, -0.2) is 0 Å². The first-order valence-corrected chi connectivity index (χ1v) is 5.70. The molecule has 14 heavy (non-hydrogen) atoms. The number of hydrogen-bond donors (Lipinski definition) is 1. The van der Waals surface area contributed by atoms with Gasteiger partial charge in [-0.3, -0.25) is 0 Å². The van der Waals surface area contributed by atoms with Crippen LogP contribution in [0, 0.1) is 23.2 Å². The van der Waals surface area contributed by atoms with Gasteiger partial charge in [0.1, 0.15) is 0 Å². The van der Waals surface area contributed by atoms with E-state index in [2.05, 4.69) is 25.7 Å². The van der Waals surface area contributed by atoms with E-state index in [1.807, 2.05) is 6.92 Å². The summed E-state index contributed by atoms with van der Waals surface area (Å²) in [5.41, 5.74) is 6.67. The van der Waals surface area contributed by atoms with E-state index in [4.69, 9.17) is 5.73 Å². The summed E-state index contributed by atoms with van der Waals surface area (Å²) < 4.78 is 0. The molecule has 0 amide bonds. The Labute approximate surface area is 88.5 Å². The lowest BCUT2D eigenvalue weighted by Gasteiger charge is -2.36. The van der Waals surface area contributed by atoms with Gasteiger partial charge in [0.05, 0.1) is 0 Å². The van der Waals surface area contributed by atoms with E-state index in [0.29, 0.717) is 17.4 Å². The van der Waals surface area contributed by atoms with E-state index in [0.717, 1.165) is 6.42 Å². The first-order valence-electron chi connectivity index (χ1n) is 5.70. The van der Waals surface area contributed by atoms with Crippen molar-refractivity contribution in [3.63, 3.8) is 0 Å². The van der Waals surface area contributed by atoms with Gasteiger partial charge in [0.25, 0.3) is 0 Å². The Bertz CT molecular complexity index is 221. The highest BCUT2D eigenvalue weighted by atomic mass is 14.6. The third kappa shape index (κ3) is 3.35. The molecule has 0 saturated heterocycles. The molecule has 1 unspecified atom stereocenters. The topological polar surface area (TPSA) is 26.0 Å². The molecule has 1 aliphatic rings. The summed E-state index contributed by atoms with van der Waals surface area (Å²) in [6.07, 6.45) is 6.11. The van der Waals surface area contributed by atoms with Gasteiger partial charge in [-0.05, 0) is 43.9 Å². The Hall–Kier alpha value is -0.480. The van der Waals surface area contributed by atoms with Gasteiger partial charge in [-0.15, -0.1) is 11.8 Å². The Kier molecular flexibility index (Phi) is 4.01. The Morgan fingerprint density at radius 3 is 2.43 bits per heavy atom. The summed E-state index contributed by atoms with van der Waals surface area (Å²) in [6.45, 7) is 6.61. The smallest absolute Gasteiger partial charge is 0.0243 e. The molecule has 1 fully saturated rings. The molecule has 80 valence electrons. The third-order valence-corrected chi connectivity index (χ3v) is 3.50. The van der Waals surface area contributed by atoms with Crippen LogP contribution in [-0.4, -0.2) is 6.04 Å². The maximum absolute atomic E-state index is 6.12. The second-order valence-electron chi connectivity index (χ2n) is 5.30.